The molecule has 0 aliphatic rings. The normalized spacial score (nSPS) is 13.2. The molecular weight excluding hydrogens is 292 g/mol. The Morgan fingerprint density at radius 1 is 1.00 bits per heavy atom. The highest BCUT2D eigenvalue weighted by molar-refractivity contribution is 6.89. The molecule has 0 heterocycles. The Bertz CT molecular complexity index is 499. The lowest BCUT2D eigenvalue weighted by Crippen LogP contribution is -2.56. The fourth-order valence-electron chi connectivity index (χ4n) is 2.49. The zero-order chi connectivity index (χ0) is 16.3. The molecule has 0 bridgehead atoms. The minimum Gasteiger partial charge on any atom is -0.350 e. The van der Waals surface area contributed by atoms with Crippen molar-refractivity contribution in [2.45, 2.75) is 52.6 Å². The molecule has 0 saturated carbocycles. The van der Waals surface area contributed by atoms with Crippen LogP contribution in [0, 0.1) is 0 Å². The van der Waals surface area contributed by atoms with Gasteiger partial charge >= 0.3 is 0 Å². The van der Waals surface area contributed by atoms with E-state index < -0.39 is 16.5 Å². The Kier molecular flexibility index (Phi) is 5.70. The molecule has 0 N–H and O–H groups in total. The van der Waals surface area contributed by atoms with E-state index in [4.69, 9.17) is 5.10 Å². The number of carbonyl (C=O) groups excluding carboxylic acids is 1. The van der Waals surface area contributed by atoms with Gasteiger partial charge in [-0.2, -0.15) is 5.10 Å². The van der Waals surface area contributed by atoms with Crippen LogP contribution < -0.4 is 0 Å². The standard InChI is InChI=1S/C16H28N2OSi2/c1-14(19)13-16(15-11-9-8-10-12-15)17-18(20(2,3)4)21(5,6)7/h8-12H,13H2,1-7H3/b17-16+. The molecule has 0 aliphatic carbocycles. The fraction of sp³-hybridized carbons (Fsp3) is 0.500. The summed E-state index contributed by atoms with van der Waals surface area (Å²) in [5, 5.41) is 4.98. The number of nitrogens with zero attached hydrogens (tertiary/aromatic N) is 2. The van der Waals surface area contributed by atoms with E-state index in [2.05, 4.69) is 43.6 Å². The summed E-state index contributed by atoms with van der Waals surface area (Å²) in [5.41, 5.74) is 1.95. The molecule has 3 nitrogen and oxygen atoms in total. The molecule has 0 saturated heterocycles. The topological polar surface area (TPSA) is 32.7 Å². The van der Waals surface area contributed by atoms with Gasteiger partial charge in [0.15, 0.2) is 16.5 Å². The van der Waals surface area contributed by atoms with Crippen molar-refractivity contribution in [3.63, 3.8) is 0 Å². The molecule has 0 aliphatic heterocycles. The number of Topliss-reactive ketones (excluding diaryl/α,β-unsaturated/α-hetero) is 1. The van der Waals surface area contributed by atoms with Gasteiger partial charge in [0, 0.05) is 0 Å². The summed E-state index contributed by atoms with van der Waals surface area (Å²) in [6, 6.07) is 10.1. The summed E-state index contributed by atoms with van der Waals surface area (Å²) in [6.45, 7) is 15.5. The van der Waals surface area contributed by atoms with Crippen molar-refractivity contribution < 1.29 is 4.79 Å². The Labute approximate surface area is 131 Å². The van der Waals surface area contributed by atoms with Crippen molar-refractivity contribution in [3.05, 3.63) is 35.9 Å². The number of hydrazone groups is 1. The van der Waals surface area contributed by atoms with Gasteiger partial charge in [-0.05, 0) is 12.5 Å². The summed E-state index contributed by atoms with van der Waals surface area (Å²) >= 11 is 0. The van der Waals surface area contributed by atoms with Gasteiger partial charge in [-0.1, -0.05) is 69.6 Å². The molecule has 0 atom stereocenters. The summed E-state index contributed by atoms with van der Waals surface area (Å²) in [7, 11) is -3.15. The van der Waals surface area contributed by atoms with Crippen LogP contribution in [-0.2, 0) is 4.79 Å². The van der Waals surface area contributed by atoms with E-state index in [-0.39, 0.29) is 5.78 Å². The van der Waals surface area contributed by atoms with E-state index in [0.717, 1.165) is 11.3 Å². The number of rotatable bonds is 6. The molecule has 1 rings (SSSR count). The lowest BCUT2D eigenvalue weighted by atomic mass is 10.1. The van der Waals surface area contributed by atoms with Crippen LogP contribution in [-0.4, -0.2) is 32.3 Å². The van der Waals surface area contributed by atoms with Crippen LogP contribution in [0.1, 0.15) is 18.9 Å². The predicted molar refractivity (Wildman–Crippen MR) is 96.8 cm³/mol. The van der Waals surface area contributed by atoms with Crippen molar-refractivity contribution in [2.24, 2.45) is 5.10 Å². The van der Waals surface area contributed by atoms with Crippen molar-refractivity contribution in [3.8, 4) is 0 Å². The van der Waals surface area contributed by atoms with E-state index >= 15 is 0 Å². The quantitative estimate of drug-likeness (QED) is 0.444. The molecule has 0 aromatic heterocycles. The van der Waals surface area contributed by atoms with Crippen molar-refractivity contribution in [1.29, 1.82) is 0 Å². The molecule has 0 unspecified atom stereocenters. The molecule has 21 heavy (non-hydrogen) atoms. The van der Waals surface area contributed by atoms with Gasteiger partial charge in [0.25, 0.3) is 0 Å². The molecule has 1 aromatic carbocycles. The Hall–Kier alpha value is -1.21. The van der Waals surface area contributed by atoms with Crippen LogP contribution in [0.2, 0.25) is 39.3 Å². The number of hydrogen-bond acceptors (Lipinski definition) is 3. The zero-order valence-corrected chi connectivity index (χ0v) is 16.4. The second-order valence-electron chi connectivity index (χ2n) is 7.44. The lowest BCUT2D eigenvalue weighted by molar-refractivity contribution is -0.115. The van der Waals surface area contributed by atoms with Crippen molar-refractivity contribution in [2.75, 3.05) is 0 Å². The van der Waals surface area contributed by atoms with Gasteiger partial charge in [-0.25, -0.2) is 0 Å². The maximum Gasteiger partial charge on any atom is 0.158 e. The number of hydrogen-bond donors (Lipinski definition) is 0. The molecule has 1 aromatic rings. The van der Waals surface area contributed by atoms with Crippen LogP contribution in [0.5, 0.6) is 0 Å². The average Bonchev–Trinajstić information content (AvgIpc) is 2.32. The van der Waals surface area contributed by atoms with E-state index in [1.807, 2.05) is 30.3 Å². The van der Waals surface area contributed by atoms with Crippen molar-refractivity contribution in [1.82, 2.24) is 4.34 Å². The lowest BCUT2D eigenvalue weighted by Gasteiger charge is -2.42. The summed E-state index contributed by atoms with van der Waals surface area (Å²) in [6.07, 6.45) is 0.398. The molecular formula is C16H28N2OSi2. The van der Waals surface area contributed by atoms with Crippen molar-refractivity contribution >= 4 is 28.0 Å². The van der Waals surface area contributed by atoms with Crippen LogP contribution in [0.15, 0.2) is 35.4 Å². The van der Waals surface area contributed by atoms with E-state index in [9.17, 15) is 4.79 Å². The maximum atomic E-state index is 11.6. The molecule has 0 radical (unpaired) electrons. The van der Waals surface area contributed by atoms with Crippen LogP contribution in [0.3, 0.4) is 0 Å². The van der Waals surface area contributed by atoms with Crippen LogP contribution in [0.25, 0.3) is 0 Å². The van der Waals surface area contributed by atoms with Gasteiger partial charge in [0.2, 0.25) is 0 Å². The van der Waals surface area contributed by atoms with Crippen LogP contribution in [0.4, 0.5) is 0 Å². The third-order valence-electron chi connectivity index (χ3n) is 3.01. The second kappa shape index (κ2) is 6.70. The van der Waals surface area contributed by atoms with E-state index in [0.29, 0.717) is 6.42 Å². The fourth-order valence-corrected chi connectivity index (χ4v) is 11.4. The Morgan fingerprint density at radius 2 is 1.48 bits per heavy atom. The Morgan fingerprint density at radius 3 is 1.86 bits per heavy atom. The Balaban J connectivity index is 3.32. The van der Waals surface area contributed by atoms with Gasteiger partial charge < -0.3 is 4.34 Å². The largest absolute Gasteiger partial charge is 0.350 e. The van der Waals surface area contributed by atoms with E-state index in [1.165, 1.54) is 0 Å². The number of carbonyl (C=O) groups is 1. The second-order valence-corrected chi connectivity index (χ2v) is 17.4. The zero-order valence-electron chi connectivity index (χ0n) is 14.4. The number of ketones is 1. The highest BCUT2D eigenvalue weighted by Crippen LogP contribution is 2.21. The molecule has 116 valence electrons. The third kappa shape index (κ3) is 5.59. The average molecular weight is 321 g/mol. The van der Waals surface area contributed by atoms with Gasteiger partial charge in [0.05, 0.1) is 12.1 Å². The molecule has 0 amide bonds. The first-order valence-electron chi connectivity index (χ1n) is 7.44. The van der Waals surface area contributed by atoms with Gasteiger partial charge in [-0.15, -0.1) is 0 Å². The number of benzene rings is 1. The first kappa shape index (κ1) is 17.8. The minimum atomic E-state index is -1.57. The SMILES string of the molecule is CC(=O)C/C(=N\N([Si](C)(C)C)[Si](C)(C)C)c1ccccc1. The summed E-state index contributed by atoms with van der Waals surface area (Å²) < 4.78 is 2.37. The molecule has 5 heteroatoms. The summed E-state index contributed by atoms with van der Waals surface area (Å²) in [5.74, 6) is 0.156. The maximum absolute atomic E-state index is 11.6. The van der Waals surface area contributed by atoms with Gasteiger partial charge in [0.1, 0.15) is 5.78 Å². The monoisotopic (exact) mass is 320 g/mol. The first-order valence-corrected chi connectivity index (χ1v) is 14.3. The van der Waals surface area contributed by atoms with E-state index in [1.54, 1.807) is 6.92 Å². The third-order valence-corrected chi connectivity index (χ3v) is 9.78. The highest BCUT2D eigenvalue weighted by Gasteiger charge is 2.34. The summed E-state index contributed by atoms with van der Waals surface area (Å²) in [4.78, 5) is 11.6. The van der Waals surface area contributed by atoms with Crippen LogP contribution >= 0.6 is 0 Å². The predicted octanol–water partition coefficient (Wildman–Crippen LogP) is 4.34. The smallest absolute Gasteiger partial charge is 0.158 e. The minimum absolute atomic E-state index is 0.156. The van der Waals surface area contributed by atoms with Gasteiger partial charge in [-0.3, -0.25) is 4.79 Å². The molecule has 0 spiro atoms. The highest BCUT2D eigenvalue weighted by atomic mass is 28.4. The molecule has 0 fully saturated rings. The first-order chi connectivity index (χ1) is 9.51.